The Morgan fingerprint density at radius 1 is 0.946 bits per heavy atom. The summed E-state index contributed by atoms with van der Waals surface area (Å²) in [4.78, 5) is 64.6. The van der Waals surface area contributed by atoms with Crippen LogP contribution in [-0.4, -0.2) is 62.1 Å². The normalized spacial score (nSPS) is 11.5. The van der Waals surface area contributed by atoms with E-state index in [2.05, 4.69) is 14.4 Å². The lowest BCUT2D eigenvalue weighted by molar-refractivity contribution is -0.788. The Hall–Kier alpha value is -4.80. The molecule has 0 aromatic heterocycles. The van der Waals surface area contributed by atoms with Crippen LogP contribution in [0.2, 0.25) is 0 Å². The largest absolute Gasteiger partial charge is 0.465 e. The summed E-state index contributed by atoms with van der Waals surface area (Å²) in [5.41, 5.74) is -0.358. The maximum atomic E-state index is 12.6. The van der Waals surface area contributed by atoms with E-state index in [4.69, 9.17) is 9.47 Å². The number of sulfone groups is 1. The Balaban J connectivity index is 2.25. The van der Waals surface area contributed by atoms with Crippen molar-refractivity contribution in [3.63, 3.8) is 0 Å². The highest BCUT2D eigenvalue weighted by molar-refractivity contribution is 7.91. The molecule has 0 saturated carbocycles. The first-order chi connectivity index (χ1) is 17.3. The lowest BCUT2D eigenvalue weighted by Gasteiger charge is -2.14. The summed E-state index contributed by atoms with van der Waals surface area (Å²) in [5.74, 6) is -4.42. The van der Waals surface area contributed by atoms with Gasteiger partial charge >= 0.3 is 17.9 Å². The molecular weight excluding hydrogens is 524 g/mol. The molecule has 0 N–H and O–H groups in total. The Morgan fingerprint density at radius 2 is 1.59 bits per heavy atom. The van der Waals surface area contributed by atoms with Gasteiger partial charge in [0.15, 0.2) is 21.3 Å². The van der Waals surface area contributed by atoms with Gasteiger partial charge in [0.2, 0.25) is 0 Å². The molecule has 198 valence electrons. The summed E-state index contributed by atoms with van der Waals surface area (Å²) in [5, 5.41) is 18.3. The third kappa shape index (κ3) is 8.13. The van der Waals surface area contributed by atoms with E-state index in [1.54, 1.807) is 0 Å². The van der Waals surface area contributed by atoms with Crippen LogP contribution in [0.3, 0.4) is 0 Å². The van der Waals surface area contributed by atoms with Gasteiger partial charge in [0, 0.05) is 6.92 Å². The average Bonchev–Trinajstić information content (AvgIpc) is 2.82. The number of nitrogens with zero attached hydrogens (tertiary/aromatic N) is 2. The van der Waals surface area contributed by atoms with Crippen molar-refractivity contribution in [2.45, 2.75) is 17.9 Å². The first-order valence-electron chi connectivity index (χ1n) is 9.87. The minimum absolute atomic E-state index is 0.161. The van der Waals surface area contributed by atoms with Crippen molar-refractivity contribution in [2.24, 2.45) is 0 Å². The van der Waals surface area contributed by atoms with Crippen LogP contribution in [0.1, 0.15) is 27.6 Å². The van der Waals surface area contributed by atoms with Crippen molar-refractivity contribution < 1.29 is 56.9 Å². The maximum absolute atomic E-state index is 12.6. The highest BCUT2D eigenvalue weighted by atomic mass is 32.2. The lowest BCUT2D eigenvalue weighted by Crippen LogP contribution is -2.32. The van der Waals surface area contributed by atoms with Crippen LogP contribution in [-0.2, 0) is 29.0 Å². The number of methoxy groups -OCH3 is 1. The highest BCUT2D eigenvalue weighted by Gasteiger charge is 2.26. The zero-order chi connectivity index (χ0) is 27.8. The van der Waals surface area contributed by atoms with Crippen molar-refractivity contribution in [1.82, 2.24) is 0 Å². The molecule has 2 aromatic rings. The number of carbonyl (C=O) groups is 3. The number of carbonyl (C=O) groups excluding carboxylic acids is 3. The Bertz CT molecular complexity index is 1310. The molecule has 2 aromatic carbocycles. The predicted molar refractivity (Wildman–Crippen MR) is 117 cm³/mol. The number of benzene rings is 2. The van der Waals surface area contributed by atoms with Crippen LogP contribution in [0.25, 0.3) is 0 Å². The number of hydrogen-bond donors (Lipinski definition) is 0. The smallest absolute Gasteiger partial charge is 0.343 e. The molecule has 0 saturated heterocycles. The van der Waals surface area contributed by atoms with Gasteiger partial charge in [-0.3, -0.25) is 4.79 Å². The standard InChI is InChI=1S/C20H18N2O14S/c1-12(23)34-18-16(20(25)32-2)4-3-5-17(18)35-19(24)13-6-8-15(9-7-13)37(30,31)11-14(36-22(28)29)10-33-21(26)27/h3-9,14H,10-11H2,1-2H3. The molecule has 0 spiro atoms. The van der Waals surface area contributed by atoms with E-state index in [1.807, 2.05) is 0 Å². The second kappa shape index (κ2) is 12.2. The molecule has 0 heterocycles. The van der Waals surface area contributed by atoms with Crippen molar-refractivity contribution in [3.8, 4) is 11.5 Å². The molecule has 0 aliphatic carbocycles. The topological polar surface area (TPSA) is 218 Å². The van der Waals surface area contributed by atoms with Crippen LogP contribution in [0.15, 0.2) is 47.4 Å². The first kappa shape index (κ1) is 28.4. The van der Waals surface area contributed by atoms with Gasteiger partial charge in [-0.25, -0.2) is 18.0 Å². The predicted octanol–water partition coefficient (Wildman–Crippen LogP) is 1.18. The fourth-order valence-electron chi connectivity index (χ4n) is 2.79. The Kier molecular flexibility index (Phi) is 9.41. The number of esters is 3. The van der Waals surface area contributed by atoms with E-state index >= 15 is 0 Å². The van der Waals surface area contributed by atoms with Gasteiger partial charge in [-0.1, -0.05) is 6.07 Å². The van der Waals surface area contributed by atoms with E-state index in [0.29, 0.717) is 0 Å². The molecule has 16 nitrogen and oxygen atoms in total. The Labute approximate surface area is 207 Å². The summed E-state index contributed by atoms with van der Waals surface area (Å²) < 4.78 is 40.0. The van der Waals surface area contributed by atoms with Gasteiger partial charge in [0.05, 0.1) is 23.3 Å². The molecular formula is C20H18N2O14S. The highest BCUT2D eigenvalue weighted by Crippen LogP contribution is 2.33. The SMILES string of the molecule is COC(=O)c1cccc(OC(=O)c2ccc(S(=O)(=O)CC(CO[N+](=O)[O-])O[N+](=O)[O-])cc2)c1OC(C)=O. The summed E-state index contributed by atoms with van der Waals surface area (Å²) in [6.07, 6.45) is -1.81. The van der Waals surface area contributed by atoms with Gasteiger partial charge < -0.3 is 23.9 Å². The number of ether oxygens (including phenoxy) is 3. The van der Waals surface area contributed by atoms with Crippen LogP contribution >= 0.6 is 0 Å². The van der Waals surface area contributed by atoms with E-state index in [0.717, 1.165) is 38.3 Å². The van der Waals surface area contributed by atoms with Crippen LogP contribution in [0.4, 0.5) is 0 Å². The van der Waals surface area contributed by atoms with Gasteiger partial charge in [-0.05, 0) is 36.4 Å². The fraction of sp³-hybridized carbons (Fsp3) is 0.250. The molecule has 2 rings (SSSR count). The second-order valence-corrected chi connectivity index (χ2v) is 8.92. The van der Waals surface area contributed by atoms with Gasteiger partial charge in [-0.2, -0.15) is 0 Å². The molecule has 0 fully saturated rings. The second-order valence-electron chi connectivity index (χ2n) is 6.88. The zero-order valence-corrected chi connectivity index (χ0v) is 19.9. The van der Waals surface area contributed by atoms with Crippen molar-refractivity contribution in [3.05, 3.63) is 73.8 Å². The summed E-state index contributed by atoms with van der Waals surface area (Å²) in [6, 6.07) is 7.94. The van der Waals surface area contributed by atoms with Gasteiger partial charge in [0.1, 0.15) is 18.3 Å². The van der Waals surface area contributed by atoms with Crippen molar-refractivity contribution >= 4 is 27.7 Å². The third-order valence-electron chi connectivity index (χ3n) is 4.29. The minimum atomic E-state index is -4.29. The monoisotopic (exact) mass is 542 g/mol. The minimum Gasteiger partial charge on any atom is -0.465 e. The third-order valence-corrected chi connectivity index (χ3v) is 6.09. The molecule has 37 heavy (non-hydrogen) atoms. The number of para-hydroxylation sites is 1. The number of rotatable bonds is 12. The average molecular weight is 542 g/mol. The van der Waals surface area contributed by atoms with Crippen LogP contribution in [0, 0.1) is 20.2 Å². The first-order valence-corrected chi connectivity index (χ1v) is 11.5. The molecule has 1 atom stereocenters. The molecule has 1 unspecified atom stereocenters. The van der Waals surface area contributed by atoms with E-state index in [9.17, 15) is 43.0 Å². The molecule has 0 amide bonds. The van der Waals surface area contributed by atoms with Crippen LogP contribution < -0.4 is 9.47 Å². The fourth-order valence-corrected chi connectivity index (χ4v) is 4.18. The molecule has 0 aliphatic heterocycles. The van der Waals surface area contributed by atoms with E-state index < -0.39 is 61.3 Å². The molecule has 0 radical (unpaired) electrons. The summed E-state index contributed by atoms with van der Waals surface area (Å²) >= 11 is 0. The quantitative estimate of drug-likeness (QED) is 0.159. The molecule has 0 bridgehead atoms. The number of hydrogen-bond acceptors (Lipinski definition) is 14. The van der Waals surface area contributed by atoms with Crippen molar-refractivity contribution in [1.29, 1.82) is 0 Å². The van der Waals surface area contributed by atoms with E-state index in [1.165, 1.54) is 18.2 Å². The molecule has 0 aliphatic rings. The van der Waals surface area contributed by atoms with Gasteiger partial charge in [0.25, 0.3) is 10.2 Å². The summed E-state index contributed by atoms with van der Waals surface area (Å²) in [6.45, 7) is 0.0382. The lowest BCUT2D eigenvalue weighted by atomic mass is 10.2. The zero-order valence-electron chi connectivity index (χ0n) is 19.1. The maximum Gasteiger partial charge on any atom is 0.343 e. The molecule has 17 heteroatoms. The van der Waals surface area contributed by atoms with E-state index in [-0.39, 0.29) is 22.6 Å². The Morgan fingerprint density at radius 3 is 2.14 bits per heavy atom. The summed E-state index contributed by atoms with van der Waals surface area (Å²) in [7, 11) is -3.19. The van der Waals surface area contributed by atoms with Crippen LogP contribution in [0.5, 0.6) is 11.5 Å². The van der Waals surface area contributed by atoms with Crippen molar-refractivity contribution in [2.75, 3.05) is 19.5 Å². The van der Waals surface area contributed by atoms with Gasteiger partial charge in [-0.15, -0.1) is 20.2 Å².